The summed E-state index contributed by atoms with van der Waals surface area (Å²) >= 11 is 0. The fourth-order valence-corrected chi connectivity index (χ4v) is 7.33. The van der Waals surface area contributed by atoms with Crippen LogP contribution in [0.3, 0.4) is 0 Å². The number of hydrogen-bond acceptors (Lipinski definition) is 1. The van der Waals surface area contributed by atoms with Gasteiger partial charge in [-0.25, -0.2) is 0 Å². The summed E-state index contributed by atoms with van der Waals surface area (Å²) in [5, 5.41) is 8.50. The Balaban J connectivity index is 0.00000214. The van der Waals surface area contributed by atoms with Crippen molar-refractivity contribution in [3.8, 4) is 5.69 Å². The number of benzene rings is 5. The van der Waals surface area contributed by atoms with Gasteiger partial charge >= 0.3 is 0 Å². The van der Waals surface area contributed by atoms with E-state index in [-0.39, 0.29) is 0 Å². The third-order valence-electron chi connectivity index (χ3n) is 9.57. The lowest BCUT2D eigenvalue weighted by molar-refractivity contribution is 1.18. The van der Waals surface area contributed by atoms with Gasteiger partial charge in [0.1, 0.15) is 0 Å². The first kappa shape index (κ1) is 34.9. The van der Waals surface area contributed by atoms with Gasteiger partial charge in [0.05, 0.1) is 22.1 Å². The first-order valence-electron chi connectivity index (χ1n) is 18.5. The molecular weight excluding hydrogens is 643 g/mol. The zero-order valence-corrected chi connectivity index (χ0v) is 30.8. The number of anilines is 1. The molecule has 2 heterocycles. The van der Waals surface area contributed by atoms with E-state index in [1.54, 1.807) is 0 Å². The van der Waals surface area contributed by atoms with Crippen LogP contribution >= 0.6 is 0 Å². The number of allylic oxidation sites excluding steroid dienone is 12. The van der Waals surface area contributed by atoms with Gasteiger partial charge in [-0.15, -0.1) is 0 Å². The van der Waals surface area contributed by atoms with Crippen LogP contribution in [0, 0.1) is 0 Å². The third kappa shape index (κ3) is 6.54. The predicted molar refractivity (Wildman–Crippen MR) is 233 cm³/mol. The summed E-state index contributed by atoms with van der Waals surface area (Å²) in [5.41, 5.74) is 12.3. The highest BCUT2D eigenvalue weighted by Gasteiger charge is 2.21. The summed E-state index contributed by atoms with van der Waals surface area (Å²) < 4.78 is 4.76. The number of nitrogens with zero attached hydrogens (tertiary/aromatic N) is 2. The van der Waals surface area contributed by atoms with Crippen molar-refractivity contribution in [1.29, 1.82) is 0 Å². The van der Waals surface area contributed by atoms with Crippen LogP contribution in [0.4, 0.5) is 5.69 Å². The fraction of sp³-hybridized carbons (Fsp3) is 0.0800. The summed E-state index contributed by atoms with van der Waals surface area (Å²) in [6.45, 7) is 14.3. The van der Waals surface area contributed by atoms with Gasteiger partial charge in [0, 0.05) is 44.3 Å². The number of para-hydroxylation sites is 3. The van der Waals surface area contributed by atoms with Crippen LogP contribution in [0.2, 0.25) is 0 Å². The second-order valence-electron chi connectivity index (χ2n) is 12.6. The van der Waals surface area contributed by atoms with Crippen molar-refractivity contribution < 1.29 is 0 Å². The lowest BCUT2D eigenvalue weighted by Crippen LogP contribution is -2.02. The van der Waals surface area contributed by atoms with E-state index < -0.39 is 0 Å². The first-order valence-corrected chi connectivity index (χ1v) is 18.5. The maximum Gasteiger partial charge on any atom is 0.0641 e. The Kier molecular flexibility index (Phi) is 10.4. The molecule has 0 spiro atoms. The Morgan fingerprint density at radius 1 is 0.736 bits per heavy atom. The Bertz CT molecular complexity index is 2650. The highest BCUT2D eigenvalue weighted by molar-refractivity contribution is 6.26. The highest BCUT2D eigenvalue weighted by atomic mass is 15.0. The molecule has 0 fully saturated rings. The number of nitrogens with one attached hydrogen (secondary N) is 1. The maximum absolute atomic E-state index is 4.20. The van der Waals surface area contributed by atoms with Crippen LogP contribution in [-0.4, -0.2) is 9.13 Å². The Morgan fingerprint density at radius 3 is 2.19 bits per heavy atom. The molecule has 3 nitrogen and oxygen atoms in total. The SMILES string of the molecule is C=C/C=C(\C=C(/Nc1ccccc1)C1=CCC=C1)c1ccc2c(c1)c1ccc3c(c4ccccc4n3/C(C=C)=C/C=C\C)c1n2-c1ccccc1.CC. The average molecular weight is 688 g/mol. The van der Waals surface area contributed by atoms with E-state index >= 15 is 0 Å². The second-order valence-corrected chi connectivity index (χ2v) is 12.6. The van der Waals surface area contributed by atoms with E-state index in [4.69, 9.17) is 0 Å². The lowest BCUT2D eigenvalue weighted by Gasteiger charge is -2.14. The van der Waals surface area contributed by atoms with Gasteiger partial charge in [0.2, 0.25) is 0 Å². The predicted octanol–water partition coefficient (Wildman–Crippen LogP) is 14.0. The number of fused-ring (bicyclic) bond motifs is 7. The molecular formula is C50H45N3. The van der Waals surface area contributed by atoms with Crippen molar-refractivity contribution in [2.24, 2.45) is 0 Å². The van der Waals surface area contributed by atoms with Crippen LogP contribution in [-0.2, 0) is 0 Å². The molecule has 260 valence electrons. The van der Waals surface area contributed by atoms with E-state index in [9.17, 15) is 0 Å². The van der Waals surface area contributed by atoms with Gasteiger partial charge in [-0.05, 0) is 96.8 Å². The monoisotopic (exact) mass is 687 g/mol. The topological polar surface area (TPSA) is 21.9 Å². The minimum absolute atomic E-state index is 0.929. The molecule has 7 aromatic rings. The van der Waals surface area contributed by atoms with Crippen molar-refractivity contribution in [3.63, 3.8) is 0 Å². The van der Waals surface area contributed by atoms with Crippen molar-refractivity contribution in [1.82, 2.24) is 9.13 Å². The minimum Gasteiger partial charge on any atom is -0.355 e. The molecule has 1 aliphatic rings. The molecule has 0 amide bonds. The first-order chi connectivity index (χ1) is 26.2. The van der Waals surface area contributed by atoms with Crippen molar-refractivity contribution >= 4 is 60.6 Å². The van der Waals surface area contributed by atoms with Crippen LogP contribution in [0.25, 0.3) is 60.6 Å². The van der Waals surface area contributed by atoms with Crippen LogP contribution in [0.5, 0.6) is 0 Å². The fourth-order valence-electron chi connectivity index (χ4n) is 7.33. The summed E-state index contributed by atoms with van der Waals surface area (Å²) in [5.74, 6) is 0. The lowest BCUT2D eigenvalue weighted by atomic mass is 9.99. The van der Waals surface area contributed by atoms with E-state index in [1.807, 2.05) is 45.1 Å². The maximum atomic E-state index is 4.20. The average Bonchev–Trinajstić information content (AvgIpc) is 3.95. The van der Waals surface area contributed by atoms with Crippen molar-refractivity contribution in [2.45, 2.75) is 27.2 Å². The Hall–Kier alpha value is -6.58. The van der Waals surface area contributed by atoms with Gasteiger partial charge in [0.15, 0.2) is 0 Å². The largest absolute Gasteiger partial charge is 0.355 e. The van der Waals surface area contributed by atoms with Gasteiger partial charge in [-0.1, -0.05) is 136 Å². The molecule has 0 atom stereocenters. The smallest absolute Gasteiger partial charge is 0.0641 e. The zero-order chi connectivity index (χ0) is 36.7. The molecule has 1 aliphatic carbocycles. The molecule has 0 saturated carbocycles. The Morgan fingerprint density at radius 2 is 1.47 bits per heavy atom. The number of aromatic nitrogens is 2. The quantitative estimate of drug-likeness (QED) is 0.142. The van der Waals surface area contributed by atoms with E-state index in [0.29, 0.717) is 0 Å². The molecule has 0 unspecified atom stereocenters. The van der Waals surface area contributed by atoms with Gasteiger partial charge < -0.3 is 14.5 Å². The highest BCUT2D eigenvalue weighted by Crippen LogP contribution is 2.42. The molecule has 0 saturated heterocycles. The minimum atomic E-state index is 0.929. The van der Waals surface area contributed by atoms with Crippen LogP contribution in [0.15, 0.2) is 200 Å². The summed E-state index contributed by atoms with van der Waals surface area (Å²) in [7, 11) is 0. The molecule has 3 heteroatoms. The molecule has 53 heavy (non-hydrogen) atoms. The summed E-state index contributed by atoms with van der Waals surface area (Å²) in [6, 6.07) is 41.2. The zero-order valence-electron chi connectivity index (χ0n) is 30.8. The normalized spacial score (nSPS) is 13.6. The summed E-state index contributed by atoms with van der Waals surface area (Å²) in [4.78, 5) is 0. The van der Waals surface area contributed by atoms with Gasteiger partial charge in [-0.3, -0.25) is 0 Å². The van der Waals surface area contributed by atoms with E-state index in [1.165, 1.54) is 32.6 Å². The van der Waals surface area contributed by atoms with Crippen molar-refractivity contribution in [3.05, 3.63) is 206 Å². The Labute approximate surface area is 312 Å². The second kappa shape index (κ2) is 15.8. The molecule has 0 radical (unpaired) electrons. The van der Waals surface area contributed by atoms with Gasteiger partial charge in [-0.2, -0.15) is 0 Å². The molecule has 8 rings (SSSR count). The van der Waals surface area contributed by atoms with Crippen LogP contribution < -0.4 is 5.32 Å². The van der Waals surface area contributed by atoms with E-state index in [0.717, 1.165) is 56.9 Å². The standard InChI is InChI=1S/C48H39N3.C2H6/c1-4-7-23-38(6-3)50-44-27-17-16-26-41(44)47-46(50)31-29-40-42-32-36(28-30-45(42)51(48(40)47)39-24-12-9-13-25-39)35(18-5-2)33-43(34-19-14-15-20-34)49-37-21-10-8-11-22-37;1-2/h4-14,16-33,49H,2-3,15H2,1H3;1-2H3/b7-4-,35-18+,38-23+,43-33-;. The van der Waals surface area contributed by atoms with Crippen molar-refractivity contribution in [2.75, 3.05) is 5.32 Å². The molecule has 0 aliphatic heterocycles. The molecule has 1 N–H and O–H groups in total. The third-order valence-corrected chi connectivity index (χ3v) is 9.57. The molecule has 5 aromatic carbocycles. The van der Waals surface area contributed by atoms with Crippen LogP contribution in [0.1, 0.15) is 32.8 Å². The summed E-state index contributed by atoms with van der Waals surface area (Å²) in [6.07, 6.45) is 22.0. The molecule has 2 aromatic heterocycles. The number of rotatable bonds is 10. The van der Waals surface area contributed by atoms with E-state index in [2.05, 4.69) is 179 Å². The van der Waals surface area contributed by atoms with Gasteiger partial charge in [0.25, 0.3) is 0 Å². The number of hydrogen-bond donors (Lipinski definition) is 1. The molecule has 0 bridgehead atoms.